The fourth-order valence-electron chi connectivity index (χ4n) is 0.962. The van der Waals surface area contributed by atoms with Crippen LogP contribution in [0.2, 0.25) is 0 Å². The second-order valence-corrected chi connectivity index (χ2v) is 3.83. The fraction of sp³-hybridized carbons (Fsp3) is 0.375. The van der Waals surface area contributed by atoms with E-state index in [1.165, 1.54) is 31.5 Å². The van der Waals surface area contributed by atoms with Gasteiger partial charge in [0.15, 0.2) is 5.54 Å². The Labute approximate surface area is 85.0 Å². The first-order valence-corrected chi connectivity index (χ1v) is 4.73. The van der Waals surface area contributed by atoms with Crippen molar-refractivity contribution in [3.8, 4) is 0 Å². The van der Waals surface area contributed by atoms with Gasteiger partial charge in [0.25, 0.3) is 0 Å². The standard InChI is InChI=1S/C8H10N2O3S/c1-8(7(12)13,10(2)5-11)6-9-3-4-14-6/h3-5H,1-2H3,(H,12,13). The van der Waals surface area contributed by atoms with E-state index in [2.05, 4.69) is 4.98 Å². The molecule has 1 heterocycles. The zero-order valence-corrected chi connectivity index (χ0v) is 8.61. The van der Waals surface area contributed by atoms with Crippen molar-refractivity contribution in [1.82, 2.24) is 9.88 Å². The third-order valence-corrected chi connectivity index (χ3v) is 3.11. The molecule has 1 unspecified atom stereocenters. The fourth-order valence-corrected chi connectivity index (χ4v) is 1.80. The summed E-state index contributed by atoms with van der Waals surface area (Å²) in [6.45, 7) is 1.45. The van der Waals surface area contributed by atoms with Crippen LogP contribution in [0.4, 0.5) is 0 Å². The van der Waals surface area contributed by atoms with Gasteiger partial charge in [0, 0.05) is 18.6 Å². The zero-order chi connectivity index (χ0) is 10.8. The van der Waals surface area contributed by atoms with Crippen LogP contribution in [-0.2, 0) is 15.1 Å². The third kappa shape index (κ3) is 1.48. The number of amides is 1. The SMILES string of the molecule is CN(C=O)C(C)(C(=O)O)c1nccs1. The van der Waals surface area contributed by atoms with Gasteiger partial charge in [0.05, 0.1) is 0 Å². The molecule has 5 nitrogen and oxygen atoms in total. The van der Waals surface area contributed by atoms with Gasteiger partial charge in [-0.1, -0.05) is 0 Å². The molecule has 14 heavy (non-hydrogen) atoms. The number of hydrogen-bond donors (Lipinski definition) is 1. The summed E-state index contributed by atoms with van der Waals surface area (Å²) in [5.41, 5.74) is -1.38. The van der Waals surface area contributed by atoms with Gasteiger partial charge < -0.3 is 10.0 Å². The van der Waals surface area contributed by atoms with Gasteiger partial charge in [0.2, 0.25) is 6.41 Å². The maximum absolute atomic E-state index is 11.1. The van der Waals surface area contributed by atoms with E-state index in [4.69, 9.17) is 5.11 Å². The molecule has 0 fully saturated rings. The van der Waals surface area contributed by atoms with Crippen molar-refractivity contribution in [1.29, 1.82) is 0 Å². The molecule has 0 bridgehead atoms. The molecule has 1 atom stereocenters. The van der Waals surface area contributed by atoms with Crippen LogP contribution in [0.3, 0.4) is 0 Å². The lowest BCUT2D eigenvalue weighted by atomic mass is 10.0. The minimum atomic E-state index is -1.38. The monoisotopic (exact) mass is 214 g/mol. The molecule has 1 aromatic rings. The summed E-state index contributed by atoms with van der Waals surface area (Å²) in [5.74, 6) is -1.10. The minimum Gasteiger partial charge on any atom is -0.479 e. The number of carboxylic acids is 1. The van der Waals surface area contributed by atoms with E-state index in [0.717, 1.165) is 4.90 Å². The van der Waals surface area contributed by atoms with Crippen molar-refractivity contribution in [2.45, 2.75) is 12.5 Å². The van der Waals surface area contributed by atoms with E-state index in [-0.39, 0.29) is 0 Å². The van der Waals surface area contributed by atoms with Crippen LogP contribution in [0.1, 0.15) is 11.9 Å². The van der Waals surface area contributed by atoms with Crippen molar-refractivity contribution in [3.05, 3.63) is 16.6 Å². The summed E-state index contributed by atoms with van der Waals surface area (Å²) in [6.07, 6.45) is 2.00. The first-order valence-electron chi connectivity index (χ1n) is 3.85. The topological polar surface area (TPSA) is 70.5 Å². The first kappa shape index (κ1) is 10.6. The lowest BCUT2D eigenvalue weighted by Gasteiger charge is -2.29. The molecule has 1 rings (SSSR count). The number of aliphatic carboxylic acids is 1. The summed E-state index contributed by atoms with van der Waals surface area (Å²) in [4.78, 5) is 26.7. The van der Waals surface area contributed by atoms with Gasteiger partial charge in [-0.3, -0.25) is 4.79 Å². The molecule has 0 aliphatic rings. The first-order chi connectivity index (χ1) is 6.53. The highest BCUT2D eigenvalue weighted by atomic mass is 32.1. The molecular formula is C8H10N2O3S. The largest absolute Gasteiger partial charge is 0.479 e. The number of nitrogens with zero attached hydrogens (tertiary/aromatic N) is 2. The van der Waals surface area contributed by atoms with E-state index in [1.54, 1.807) is 5.38 Å². The molecule has 1 aromatic heterocycles. The maximum Gasteiger partial charge on any atom is 0.336 e. The predicted molar refractivity (Wildman–Crippen MR) is 50.9 cm³/mol. The van der Waals surface area contributed by atoms with Crippen molar-refractivity contribution in [2.24, 2.45) is 0 Å². The molecule has 0 aliphatic carbocycles. The second-order valence-electron chi connectivity index (χ2n) is 2.93. The molecule has 1 amide bonds. The van der Waals surface area contributed by atoms with Gasteiger partial charge >= 0.3 is 5.97 Å². The Morgan fingerprint density at radius 3 is 2.79 bits per heavy atom. The third-order valence-electron chi connectivity index (χ3n) is 2.13. The van der Waals surface area contributed by atoms with Crippen LogP contribution < -0.4 is 0 Å². The predicted octanol–water partition coefficient (Wildman–Crippen LogP) is 0.531. The lowest BCUT2D eigenvalue weighted by Crippen LogP contribution is -2.47. The van der Waals surface area contributed by atoms with Gasteiger partial charge in [-0.2, -0.15) is 0 Å². The Hall–Kier alpha value is -1.43. The van der Waals surface area contributed by atoms with E-state index in [9.17, 15) is 9.59 Å². The van der Waals surface area contributed by atoms with Crippen LogP contribution >= 0.6 is 11.3 Å². The number of rotatable bonds is 4. The number of carboxylic acid groups (broad SMARTS) is 1. The summed E-state index contributed by atoms with van der Waals surface area (Å²) in [7, 11) is 1.42. The van der Waals surface area contributed by atoms with Gasteiger partial charge in [-0.05, 0) is 6.92 Å². The number of hydrogen-bond acceptors (Lipinski definition) is 4. The highest BCUT2D eigenvalue weighted by molar-refractivity contribution is 7.09. The summed E-state index contributed by atoms with van der Waals surface area (Å²) in [6, 6.07) is 0. The smallest absolute Gasteiger partial charge is 0.336 e. The number of carbonyl (C=O) groups excluding carboxylic acids is 1. The summed E-state index contributed by atoms with van der Waals surface area (Å²) < 4.78 is 0. The number of thiazole rings is 1. The van der Waals surface area contributed by atoms with E-state index in [0.29, 0.717) is 11.4 Å². The van der Waals surface area contributed by atoms with Crippen molar-refractivity contribution < 1.29 is 14.7 Å². The Balaban J connectivity index is 3.18. The van der Waals surface area contributed by atoms with Gasteiger partial charge in [-0.15, -0.1) is 11.3 Å². The van der Waals surface area contributed by atoms with Crippen LogP contribution in [0.5, 0.6) is 0 Å². The molecule has 0 saturated heterocycles. The van der Waals surface area contributed by atoms with Crippen LogP contribution in [0.15, 0.2) is 11.6 Å². The lowest BCUT2D eigenvalue weighted by molar-refractivity contribution is -0.153. The number of carbonyl (C=O) groups is 2. The quantitative estimate of drug-likeness (QED) is 0.742. The molecule has 76 valence electrons. The molecule has 6 heteroatoms. The van der Waals surface area contributed by atoms with Crippen molar-refractivity contribution in [2.75, 3.05) is 7.05 Å². The highest BCUT2D eigenvalue weighted by Crippen LogP contribution is 2.27. The van der Waals surface area contributed by atoms with Crippen LogP contribution in [-0.4, -0.2) is 34.4 Å². The molecule has 1 N–H and O–H groups in total. The van der Waals surface area contributed by atoms with E-state index in [1.807, 2.05) is 0 Å². The van der Waals surface area contributed by atoms with Crippen molar-refractivity contribution in [3.63, 3.8) is 0 Å². The molecular weight excluding hydrogens is 204 g/mol. The number of likely N-dealkylation sites (N-methyl/N-ethyl adjacent to an activating group) is 1. The summed E-state index contributed by atoms with van der Waals surface area (Å²) >= 11 is 1.21. The van der Waals surface area contributed by atoms with Gasteiger partial charge in [-0.25, -0.2) is 9.78 Å². The Morgan fingerprint density at radius 2 is 2.43 bits per heavy atom. The molecule has 0 saturated carbocycles. The second kappa shape index (κ2) is 3.75. The normalized spacial score (nSPS) is 14.4. The minimum absolute atomic E-state index is 0.389. The Morgan fingerprint density at radius 1 is 1.79 bits per heavy atom. The average Bonchev–Trinajstić information content (AvgIpc) is 2.68. The van der Waals surface area contributed by atoms with Gasteiger partial charge in [0.1, 0.15) is 5.01 Å². The zero-order valence-electron chi connectivity index (χ0n) is 7.80. The molecule has 0 radical (unpaired) electrons. The Kier molecular flexibility index (Phi) is 2.85. The van der Waals surface area contributed by atoms with E-state index >= 15 is 0 Å². The van der Waals surface area contributed by atoms with Crippen molar-refractivity contribution >= 4 is 23.7 Å². The van der Waals surface area contributed by atoms with Crippen LogP contribution in [0, 0.1) is 0 Å². The molecule has 0 aromatic carbocycles. The molecule has 0 aliphatic heterocycles. The highest BCUT2D eigenvalue weighted by Gasteiger charge is 2.41. The maximum atomic E-state index is 11.1. The molecule has 0 spiro atoms. The van der Waals surface area contributed by atoms with Crippen LogP contribution in [0.25, 0.3) is 0 Å². The summed E-state index contributed by atoms with van der Waals surface area (Å²) in [5, 5.41) is 11.1. The van der Waals surface area contributed by atoms with E-state index < -0.39 is 11.5 Å². The average molecular weight is 214 g/mol. The number of aromatic nitrogens is 1. The Bertz CT molecular complexity index is 338.